The number of fused-ring (bicyclic) bond motifs is 1. The number of hydrogen-bond donors (Lipinski definition) is 1. The van der Waals surface area contributed by atoms with Gasteiger partial charge in [0, 0.05) is 37.2 Å². The average molecular weight is 461 g/mol. The molecule has 3 aliphatic rings. The Labute approximate surface area is 199 Å². The minimum atomic E-state index is -0.635. The highest BCUT2D eigenvalue weighted by atomic mass is 16.5. The van der Waals surface area contributed by atoms with Gasteiger partial charge in [-0.1, -0.05) is 35.8 Å². The SMILES string of the molecule is Bc1ccc(OCc2ccc(CN3CCOCC3)cc2)c2c1C(=O)N(C1CCC(=O)NC1=O)C2. The van der Waals surface area contributed by atoms with E-state index in [1.807, 2.05) is 20.0 Å². The van der Waals surface area contributed by atoms with Crippen LogP contribution in [0.3, 0.4) is 0 Å². The van der Waals surface area contributed by atoms with Crippen LogP contribution in [0.15, 0.2) is 36.4 Å². The Morgan fingerprint density at radius 3 is 2.50 bits per heavy atom. The smallest absolute Gasteiger partial charge is 0.254 e. The van der Waals surface area contributed by atoms with Gasteiger partial charge in [0.2, 0.25) is 11.8 Å². The van der Waals surface area contributed by atoms with E-state index in [0.717, 1.165) is 49.4 Å². The Hall–Kier alpha value is -3.17. The van der Waals surface area contributed by atoms with Crippen LogP contribution in [0.5, 0.6) is 5.75 Å². The Morgan fingerprint density at radius 1 is 1.03 bits per heavy atom. The van der Waals surface area contributed by atoms with Crippen LogP contribution < -0.4 is 15.5 Å². The van der Waals surface area contributed by atoms with Crippen LogP contribution in [0.1, 0.15) is 39.9 Å². The Kier molecular flexibility index (Phi) is 6.39. The van der Waals surface area contributed by atoms with E-state index in [9.17, 15) is 14.4 Å². The summed E-state index contributed by atoms with van der Waals surface area (Å²) in [6.07, 6.45) is 0.580. The first-order chi connectivity index (χ1) is 16.5. The van der Waals surface area contributed by atoms with Crippen molar-refractivity contribution in [2.24, 2.45) is 0 Å². The summed E-state index contributed by atoms with van der Waals surface area (Å²) >= 11 is 0. The molecule has 2 fully saturated rings. The van der Waals surface area contributed by atoms with Gasteiger partial charge in [-0.15, -0.1) is 0 Å². The molecule has 0 aromatic heterocycles. The van der Waals surface area contributed by atoms with Crippen molar-refractivity contribution in [3.63, 3.8) is 0 Å². The van der Waals surface area contributed by atoms with Gasteiger partial charge in [-0.05, 0) is 23.6 Å². The van der Waals surface area contributed by atoms with Gasteiger partial charge < -0.3 is 14.4 Å². The standard InChI is InChI=1S/C25H28BN3O5/c26-19-5-7-21(18-14-29(25(32)23(18)19)20-6-8-22(30)27-24(20)31)34-15-17-3-1-16(2-4-17)13-28-9-11-33-12-10-28/h1-5,7,20H,6,8-15,26H2,(H,27,30,31). The third-order valence-corrected chi connectivity index (χ3v) is 6.79. The minimum Gasteiger partial charge on any atom is -0.489 e. The summed E-state index contributed by atoms with van der Waals surface area (Å²) in [5.41, 5.74) is 4.56. The van der Waals surface area contributed by atoms with Crippen molar-refractivity contribution in [3.8, 4) is 5.75 Å². The first-order valence-corrected chi connectivity index (χ1v) is 11.8. The molecule has 0 aliphatic carbocycles. The lowest BCUT2D eigenvalue weighted by Gasteiger charge is -2.29. The Morgan fingerprint density at radius 2 is 1.76 bits per heavy atom. The Balaban J connectivity index is 1.26. The van der Waals surface area contributed by atoms with E-state index in [1.54, 1.807) is 4.90 Å². The fraction of sp³-hybridized carbons (Fsp3) is 0.400. The third kappa shape index (κ3) is 4.58. The maximum absolute atomic E-state index is 13.2. The molecule has 34 heavy (non-hydrogen) atoms. The normalized spacial score (nSPS) is 20.9. The van der Waals surface area contributed by atoms with Gasteiger partial charge in [0.05, 0.1) is 19.8 Å². The van der Waals surface area contributed by atoms with Crippen LogP contribution in [0.2, 0.25) is 0 Å². The third-order valence-electron chi connectivity index (χ3n) is 6.79. The molecule has 0 spiro atoms. The van der Waals surface area contributed by atoms with Crippen molar-refractivity contribution < 1.29 is 23.9 Å². The molecule has 0 radical (unpaired) electrons. The molecule has 3 heterocycles. The number of piperidine rings is 1. The van der Waals surface area contributed by atoms with E-state index in [4.69, 9.17) is 9.47 Å². The van der Waals surface area contributed by atoms with Gasteiger partial charge in [-0.25, -0.2) is 0 Å². The highest BCUT2D eigenvalue weighted by molar-refractivity contribution is 6.37. The van der Waals surface area contributed by atoms with Crippen LogP contribution in [0.25, 0.3) is 0 Å². The monoisotopic (exact) mass is 461 g/mol. The number of imide groups is 1. The van der Waals surface area contributed by atoms with Crippen molar-refractivity contribution in [1.82, 2.24) is 15.1 Å². The van der Waals surface area contributed by atoms with E-state index in [2.05, 4.69) is 34.5 Å². The number of morpholine rings is 1. The summed E-state index contributed by atoms with van der Waals surface area (Å²) in [6, 6.07) is 11.5. The summed E-state index contributed by atoms with van der Waals surface area (Å²) in [5.74, 6) is -0.225. The van der Waals surface area contributed by atoms with E-state index in [0.29, 0.717) is 30.9 Å². The van der Waals surface area contributed by atoms with Crippen molar-refractivity contribution >= 4 is 31.0 Å². The predicted molar refractivity (Wildman–Crippen MR) is 128 cm³/mol. The van der Waals surface area contributed by atoms with E-state index < -0.39 is 11.9 Å². The number of ether oxygens (including phenoxy) is 2. The summed E-state index contributed by atoms with van der Waals surface area (Å²) in [7, 11) is 1.89. The minimum absolute atomic E-state index is 0.181. The quantitative estimate of drug-likeness (QED) is 0.486. The van der Waals surface area contributed by atoms with Crippen molar-refractivity contribution in [3.05, 3.63) is 58.7 Å². The van der Waals surface area contributed by atoms with Crippen molar-refractivity contribution in [1.29, 1.82) is 0 Å². The van der Waals surface area contributed by atoms with Crippen molar-refractivity contribution in [2.75, 3.05) is 26.3 Å². The largest absolute Gasteiger partial charge is 0.489 e. The molecule has 176 valence electrons. The van der Waals surface area contributed by atoms with E-state index >= 15 is 0 Å². The van der Waals surface area contributed by atoms with Gasteiger partial charge >= 0.3 is 0 Å². The molecular weight excluding hydrogens is 433 g/mol. The molecule has 5 rings (SSSR count). The van der Waals surface area contributed by atoms with Gasteiger partial charge in [0.25, 0.3) is 5.91 Å². The lowest BCUT2D eigenvalue weighted by atomic mass is 9.88. The number of nitrogens with one attached hydrogen (secondary N) is 1. The molecule has 3 aliphatic heterocycles. The van der Waals surface area contributed by atoms with Gasteiger partial charge in [0.1, 0.15) is 26.2 Å². The first kappa shape index (κ1) is 22.6. The highest BCUT2D eigenvalue weighted by Gasteiger charge is 2.40. The van der Waals surface area contributed by atoms with Crippen LogP contribution in [0, 0.1) is 0 Å². The van der Waals surface area contributed by atoms with E-state index in [1.165, 1.54) is 5.56 Å². The molecule has 1 atom stereocenters. The second-order valence-electron chi connectivity index (χ2n) is 9.13. The topological polar surface area (TPSA) is 88.2 Å². The molecule has 3 amide bonds. The molecule has 2 aromatic rings. The Bertz CT molecular complexity index is 1110. The van der Waals surface area contributed by atoms with Gasteiger partial charge in [0.15, 0.2) is 0 Å². The second kappa shape index (κ2) is 9.60. The summed E-state index contributed by atoms with van der Waals surface area (Å²) in [6.45, 7) is 5.09. The average Bonchev–Trinajstić information content (AvgIpc) is 3.18. The molecule has 8 nitrogen and oxygen atoms in total. The number of carbonyl (C=O) groups excluding carboxylic acids is 3. The fourth-order valence-electron chi connectivity index (χ4n) is 4.87. The second-order valence-corrected chi connectivity index (χ2v) is 9.13. The number of nitrogens with zero attached hydrogens (tertiary/aromatic N) is 2. The molecule has 0 saturated carbocycles. The molecule has 9 heteroatoms. The van der Waals surface area contributed by atoms with Gasteiger partial charge in [-0.2, -0.15) is 0 Å². The summed E-state index contributed by atoms with van der Waals surface area (Å²) in [4.78, 5) is 41.0. The van der Waals surface area contributed by atoms with Crippen LogP contribution in [-0.4, -0.2) is 67.7 Å². The molecule has 1 N–H and O–H groups in total. The van der Waals surface area contributed by atoms with Crippen LogP contribution in [-0.2, 0) is 34.0 Å². The molecular formula is C25H28BN3O5. The number of benzene rings is 2. The predicted octanol–water partition coefficient (Wildman–Crippen LogP) is 0.117. The van der Waals surface area contributed by atoms with Gasteiger partial charge in [-0.3, -0.25) is 24.6 Å². The zero-order valence-corrected chi connectivity index (χ0v) is 19.3. The van der Waals surface area contributed by atoms with Crippen LogP contribution in [0.4, 0.5) is 0 Å². The maximum Gasteiger partial charge on any atom is 0.254 e. The van der Waals surface area contributed by atoms with E-state index in [-0.39, 0.29) is 18.2 Å². The lowest BCUT2D eigenvalue weighted by Crippen LogP contribution is -2.52. The number of carbonyl (C=O) groups is 3. The number of rotatable bonds is 6. The first-order valence-electron chi connectivity index (χ1n) is 11.8. The molecule has 2 aromatic carbocycles. The zero-order valence-electron chi connectivity index (χ0n) is 19.3. The molecule has 2 saturated heterocycles. The number of hydrogen-bond acceptors (Lipinski definition) is 6. The van der Waals surface area contributed by atoms with Crippen molar-refractivity contribution in [2.45, 2.75) is 38.6 Å². The summed E-state index contributed by atoms with van der Waals surface area (Å²) < 4.78 is 11.6. The highest BCUT2D eigenvalue weighted by Crippen LogP contribution is 2.33. The fourth-order valence-corrected chi connectivity index (χ4v) is 4.87. The lowest BCUT2D eigenvalue weighted by molar-refractivity contribution is -0.136. The summed E-state index contributed by atoms with van der Waals surface area (Å²) in [5, 5.41) is 2.35. The molecule has 1 unspecified atom stereocenters. The maximum atomic E-state index is 13.2. The number of amides is 3. The van der Waals surface area contributed by atoms with Crippen LogP contribution >= 0.6 is 0 Å². The molecule has 0 bridgehead atoms. The zero-order chi connectivity index (χ0) is 23.7.